The van der Waals surface area contributed by atoms with Gasteiger partial charge in [0.05, 0.1) is 10.9 Å². The molecule has 0 aromatic heterocycles. The van der Waals surface area contributed by atoms with E-state index in [0.29, 0.717) is 5.56 Å². The lowest BCUT2D eigenvalue weighted by Crippen LogP contribution is -2.42. The van der Waals surface area contributed by atoms with Crippen molar-refractivity contribution in [1.29, 1.82) is 0 Å². The molecule has 2 N–H and O–H groups in total. The number of benzene rings is 1. The zero-order chi connectivity index (χ0) is 18.0. The fourth-order valence-electron chi connectivity index (χ4n) is 2.36. The molecule has 134 valence electrons. The Kier molecular flexibility index (Phi) is 5.49. The van der Waals surface area contributed by atoms with Crippen LogP contribution in [0.2, 0.25) is 0 Å². The molecule has 10 heteroatoms. The second-order valence-electron chi connectivity index (χ2n) is 5.46. The van der Waals surface area contributed by atoms with Crippen molar-refractivity contribution in [1.82, 2.24) is 10.0 Å². The molecule has 1 amide bonds. The molecule has 0 aliphatic carbocycles. The fourth-order valence-corrected chi connectivity index (χ4v) is 3.46. The fraction of sp³-hybridized carbons (Fsp3) is 0.500. The van der Waals surface area contributed by atoms with Gasteiger partial charge in [0.25, 0.3) is 5.91 Å². The van der Waals surface area contributed by atoms with Gasteiger partial charge in [0.1, 0.15) is 6.67 Å². The van der Waals surface area contributed by atoms with Gasteiger partial charge in [-0.05, 0) is 30.5 Å². The second kappa shape index (κ2) is 7.06. The molecule has 0 radical (unpaired) electrons. The molecule has 1 aliphatic rings. The first-order valence-electron chi connectivity index (χ1n) is 7.18. The van der Waals surface area contributed by atoms with Gasteiger partial charge in [0.15, 0.2) is 0 Å². The van der Waals surface area contributed by atoms with Crippen molar-refractivity contribution < 1.29 is 30.8 Å². The molecule has 0 bridgehead atoms. The molecule has 0 saturated carbocycles. The van der Waals surface area contributed by atoms with Crippen LogP contribution in [0.3, 0.4) is 0 Å². The average Bonchev–Trinajstić information content (AvgIpc) is 2.50. The van der Waals surface area contributed by atoms with Gasteiger partial charge in [-0.25, -0.2) is 17.5 Å². The minimum absolute atomic E-state index is 0.123. The normalized spacial score (nSPS) is 18.2. The molecule has 0 fully saturated rings. The van der Waals surface area contributed by atoms with E-state index in [9.17, 15) is 30.8 Å². The molecule has 0 spiro atoms. The number of alkyl halides is 4. The lowest BCUT2D eigenvalue weighted by Gasteiger charge is -2.23. The van der Waals surface area contributed by atoms with Crippen LogP contribution in [-0.2, 0) is 16.4 Å². The molecule has 1 aliphatic heterocycles. The van der Waals surface area contributed by atoms with Crippen LogP contribution in [0.15, 0.2) is 23.1 Å². The predicted molar refractivity (Wildman–Crippen MR) is 77.9 cm³/mol. The molecule has 1 atom stereocenters. The SMILES string of the molecule is O=C1NC(CF)Cc2ccc(S(=O)(=O)NCCCC(F)(F)F)cc21. The first-order chi connectivity index (χ1) is 11.1. The highest BCUT2D eigenvalue weighted by atomic mass is 32.2. The third kappa shape index (κ3) is 4.67. The summed E-state index contributed by atoms with van der Waals surface area (Å²) in [5.41, 5.74) is 0.648. The molecule has 1 unspecified atom stereocenters. The maximum atomic E-state index is 12.7. The van der Waals surface area contributed by atoms with Gasteiger partial charge in [0.2, 0.25) is 10.0 Å². The number of nitrogens with one attached hydrogen (secondary N) is 2. The first-order valence-corrected chi connectivity index (χ1v) is 8.67. The molecule has 1 heterocycles. The zero-order valence-corrected chi connectivity index (χ0v) is 13.3. The average molecular weight is 368 g/mol. The highest BCUT2D eigenvalue weighted by molar-refractivity contribution is 7.89. The highest BCUT2D eigenvalue weighted by Gasteiger charge is 2.28. The molecule has 0 saturated heterocycles. The topological polar surface area (TPSA) is 75.3 Å². The van der Waals surface area contributed by atoms with Gasteiger partial charge < -0.3 is 5.32 Å². The van der Waals surface area contributed by atoms with Gasteiger partial charge in [-0.2, -0.15) is 13.2 Å². The Bertz CT molecular complexity index is 719. The van der Waals surface area contributed by atoms with Crippen molar-refractivity contribution in [3.8, 4) is 0 Å². The van der Waals surface area contributed by atoms with Crippen LogP contribution in [-0.4, -0.2) is 39.8 Å². The molecular weight excluding hydrogens is 352 g/mol. The van der Waals surface area contributed by atoms with Crippen LogP contribution in [0.4, 0.5) is 17.6 Å². The van der Waals surface area contributed by atoms with Crippen molar-refractivity contribution in [3.63, 3.8) is 0 Å². The quantitative estimate of drug-likeness (QED) is 0.595. The van der Waals surface area contributed by atoms with Gasteiger partial charge in [-0.3, -0.25) is 4.79 Å². The summed E-state index contributed by atoms with van der Waals surface area (Å²) in [5.74, 6) is -0.576. The van der Waals surface area contributed by atoms with Crippen LogP contribution < -0.4 is 10.0 Å². The van der Waals surface area contributed by atoms with Crippen molar-refractivity contribution in [3.05, 3.63) is 29.3 Å². The summed E-state index contributed by atoms with van der Waals surface area (Å²) in [6, 6.07) is 3.17. The maximum absolute atomic E-state index is 12.7. The molecule has 1 aromatic carbocycles. The maximum Gasteiger partial charge on any atom is 0.389 e. The van der Waals surface area contributed by atoms with Crippen LogP contribution in [0.5, 0.6) is 0 Å². The van der Waals surface area contributed by atoms with E-state index < -0.39 is 41.2 Å². The van der Waals surface area contributed by atoms with Crippen molar-refractivity contribution >= 4 is 15.9 Å². The van der Waals surface area contributed by atoms with E-state index in [4.69, 9.17) is 0 Å². The number of fused-ring (bicyclic) bond motifs is 1. The third-order valence-electron chi connectivity index (χ3n) is 3.55. The van der Waals surface area contributed by atoms with E-state index in [0.717, 1.165) is 6.07 Å². The summed E-state index contributed by atoms with van der Waals surface area (Å²) in [6.07, 6.45) is -5.57. The number of halogens is 4. The monoisotopic (exact) mass is 368 g/mol. The zero-order valence-electron chi connectivity index (χ0n) is 12.5. The summed E-state index contributed by atoms with van der Waals surface area (Å²) in [6.45, 7) is -1.10. The van der Waals surface area contributed by atoms with Gasteiger partial charge in [-0.1, -0.05) is 6.07 Å². The number of sulfonamides is 1. The van der Waals surface area contributed by atoms with Gasteiger partial charge in [0, 0.05) is 18.5 Å². The lowest BCUT2D eigenvalue weighted by molar-refractivity contribution is -0.135. The minimum Gasteiger partial charge on any atom is -0.346 e. The number of carbonyl (C=O) groups is 1. The van der Waals surface area contributed by atoms with Crippen molar-refractivity contribution in [2.75, 3.05) is 13.2 Å². The van der Waals surface area contributed by atoms with Crippen LogP contribution in [0.25, 0.3) is 0 Å². The highest BCUT2D eigenvalue weighted by Crippen LogP contribution is 2.22. The van der Waals surface area contributed by atoms with Crippen molar-refractivity contribution in [2.24, 2.45) is 0 Å². The van der Waals surface area contributed by atoms with E-state index in [1.165, 1.54) is 12.1 Å². The minimum atomic E-state index is -4.34. The Morgan fingerprint density at radius 1 is 1.29 bits per heavy atom. The summed E-state index contributed by atoms with van der Waals surface area (Å²) in [5, 5.41) is 2.42. The Hall–Kier alpha value is -1.68. The standard InChI is InChI=1S/C14H16F4N2O3S/c15-8-10-6-9-2-3-11(7-12(9)13(21)20-10)24(22,23)19-5-1-4-14(16,17)18/h2-3,7,10,19H,1,4-6,8H2,(H,20,21). The van der Waals surface area contributed by atoms with E-state index in [2.05, 4.69) is 10.0 Å². The summed E-state index contributed by atoms with van der Waals surface area (Å²) in [7, 11) is -4.03. The number of carbonyl (C=O) groups excluding carboxylic acids is 1. The molecule has 24 heavy (non-hydrogen) atoms. The van der Waals surface area contributed by atoms with E-state index >= 15 is 0 Å². The van der Waals surface area contributed by atoms with Crippen LogP contribution in [0.1, 0.15) is 28.8 Å². The van der Waals surface area contributed by atoms with E-state index in [-0.39, 0.29) is 29.8 Å². The number of hydrogen-bond donors (Lipinski definition) is 2. The summed E-state index contributed by atoms with van der Waals surface area (Å²) in [4.78, 5) is 11.7. The van der Waals surface area contributed by atoms with Crippen molar-refractivity contribution in [2.45, 2.75) is 36.4 Å². The summed E-state index contributed by atoms with van der Waals surface area (Å²) < 4.78 is 75.0. The molecule has 5 nitrogen and oxygen atoms in total. The number of hydrogen-bond acceptors (Lipinski definition) is 3. The predicted octanol–water partition coefficient (Wildman–Crippen LogP) is 1.93. The Morgan fingerprint density at radius 2 is 2.00 bits per heavy atom. The third-order valence-corrected chi connectivity index (χ3v) is 5.01. The lowest BCUT2D eigenvalue weighted by atomic mass is 9.96. The Morgan fingerprint density at radius 3 is 2.62 bits per heavy atom. The smallest absolute Gasteiger partial charge is 0.346 e. The Labute approximate surface area is 136 Å². The number of rotatable bonds is 6. The van der Waals surface area contributed by atoms with Crippen LogP contribution >= 0.6 is 0 Å². The van der Waals surface area contributed by atoms with Crippen LogP contribution in [0, 0.1) is 0 Å². The number of amides is 1. The van der Waals surface area contributed by atoms with E-state index in [1.807, 2.05) is 0 Å². The van der Waals surface area contributed by atoms with Gasteiger partial charge >= 0.3 is 6.18 Å². The van der Waals surface area contributed by atoms with Gasteiger partial charge in [-0.15, -0.1) is 0 Å². The Balaban J connectivity index is 2.09. The second-order valence-corrected chi connectivity index (χ2v) is 7.23. The largest absolute Gasteiger partial charge is 0.389 e. The molecule has 1 aromatic rings. The summed E-state index contributed by atoms with van der Waals surface area (Å²) >= 11 is 0. The molecule has 2 rings (SSSR count). The van der Waals surface area contributed by atoms with E-state index in [1.54, 1.807) is 0 Å². The molecular formula is C14H16F4N2O3S. The first kappa shape index (κ1) is 18.7.